The van der Waals surface area contributed by atoms with Crippen molar-refractivity contribution in [2.24, 2.45) is 0 Å². The number of aromatic nitrogens is 2. The van der Waals surface area contributed by atoms with Gasteiger partial charge in [0.15, 0.2) is 0 Å². The van der Waals surface area contributed by atoms with E-state index in [1.807, 2.05) is 17.8 Å². The Morgan fingerprint density at radius 3 is 3.21 bits per heavy atom. The van der Waals surface area contributed by atoms with Crippen LogP contribution in [0.5, 0.6) is 0 Å². The van der Waals surface area contributed by atoms with E-state index in [0.717, 1.165) is 12.1 Å². The van der Waals surface area contributed by atoms with Crippen molar-refractivity contribution < 1.29 is 9.53 Å². The first kappa shape index (κ1) is 9.40. The molecule has 1 aromatic rings. The van der Waals surface area contributed by atoms with Crippen molar-refractivity contribution in [1.82, 2.24) is 9.78 Å². The molecule has 0 amide bonds. The Balaban J connectivity index is 2.09. The Bertz CT molecular complexity index is 333. The molecule has 1 aliphatic heterocycles. The number of aryl methyl sites for hydroxylation is 1. The number of nitrogens with zero attached hydrogens (tertiary/aromatic N) is 2. The number of ether oxygens (including phenoxy) is 1. The fraction of sp³-hybridized carbons (Fsp3) is 0.600. The van der Waals surface area contributed by atoms with Gasteiger partial charge in [0.05, 0.1) is 18.9 Å². The Morgan fingerprint density at radius 1 is 1.71 bits per heavy atom. The first-order valence-electron chi connectivity index (χ1n) is 4.95. The largest absolute Gasteiger partial charge is 0.372 e. The van der Waals surface area contributed by atoms with Gasteiger partial charge in [-0.05, 0) is 6.92 Å². The van der Waals surface area contributed by atoms with Crippen molar-refractivity contribution >= 4 is 5.78 Å². The molecule has 1 unspecified atom stereocenters. The van der Waals surface area contributed by atoms with E-state index in [0.29, 0.717) is 19.4 Å². The SMILES string of the molecule is CCn1cc(C2CC(=O)CCO2)cn1. The summed E-state index contributed by atoms with van der Waals surface area (Å²) in [6.45, 7) is 3.42. The highest BCUT2D eigenvalue weighted by Crippen LogP contribution is 2.25. The molecule has 76 valence electrons. The Hall–Kier alpha value is -1.16. The predicted octanol–water partition coefficient (Wildman–Crippen LogP) is 1.32. The predicted molar refractivity (Wildman–Crippen MR) is 50.8 cm³/mol. The van der Waals surface area contributed by atoms with Gasteiger partial charge < -0.3 is 4.74 Å². The van der Waals surface area contributed by atoms with E-state index in [2.05, 4.69) is 5.10 Å². The van der Waals surface area contributed by atoms with Crippen LogP contribution in [-0.2, 0) is 16.1 Å². The lowest BCUT2D eigenvalue weighted by molar-refractivity contribution is -0.128. The topological polar surface area (TPSA) is 44.1 Å². The van der Waals surface area contributed by atoms with Crippen LogP contribution in [0, 0.1) is 0 Å². The maximum atomic E-state index is 11.2. The highest BCUT2D eigenvalue weighted by molar-refractivity contribution is 5.79. The minimum atomic E-state index is -0.0726. The van der Waals surface area contributed by atoms with E-state index in [1.54, 1.807) is 6.20 Å². The van der Waals surface area contributed by atoms with Gasteiger partial charge in [-0.25, -0.2) is 0 Å². The molecule has 2 rings (SSSR count). The van der Waals surface area contributed by atoms with Crippen molar-refractivity contribution in [2.45, 2.75) is 32.4 Å². The summed E-state index contributed by atoms with van der Waals surface area (Å²) in [6.07, 6.45) is 4.71. The van der Waals surface area contributed by atoms with Gasteiger partial charge in [-0.3, -0.25) is 9.48 Å². The Labute approximate surface area is 82.9 Å². The molecule has 4 heteroatoms. The summed E-state index contributed by atoms with van der Waals surface area (Å²) in [6, 6.07) is 0. The summed E-state index contributed by atoms with van der Waals surface area (Å²) in [5.41, 5.74) is 1.01. The van der Waals surface area contributed by atoms with Crippen LogP contribution < -0.4 is 0 Å². The molecule has 1 saturated heterocycles. The van der Waals surface area contributed by atoms with Crippen molar-refractivity contribution in [2.75, 3.05) is 6.61 Å². The summed E-state index contributed by atoms with van der Waals surface area (Å²) in [5.74, 6) is 0.283. The van der Waals surface area contributed by atoms with Crippen LogP contribution in [0.25, 0.3) is 0 Å². The van der Waals surface area contributed by atoms with Crippen LogP contribution >= 0.6 is 0 Å². The summed E-state index contributed by atoms with van der Waals surface area (Å²) in [7, 11) is 0. The van der Waals surface area contributed by atoms with Gasteiger partial charge >= 0.3 is 0 Å². The second-order valence-electron chi connectivity index (χ2n) is 3.48. The average molecular weight is 194 g/mol. The number of hydrogen-bond acceptors (Lipinski definition) is 3. The lowest BCUT2D eigenvalue weighted by Crippen LogP contribution is -2.19. The fourth-order valence-electron chi connectivity index (χ4n) is 1.62. The Morgan fingerprint density at radius 2 is 2.57 bits per heavy atom. The molecule has 1 atom stereocenters. The van der Waals surface area contributed by atoms with Crippen LogP contribution in [0.4, 0.5) is 0 Å². The van der Waals surface area contributed by atoms with Gasteiger partial charge in [0.25, 0.3) is 0 Å². The molecule has 0 aromatic carbocycles. The maximum Gasteiger partial charge on any atom is 0.138 e. The molecule has 0 N–H and O–H groups in total. The third-order valence-electron chi connectivity index (χ3n) is 2.46. The summed E-state index contributed by atoms with van der Waals surface area (Å²) in [4.78, 5) is 11.2. The number of ketones is 1. The van der Waals surface area contributed by atoms with Crippen molar-refractivity contribution in [1.29, 1.82) is 0 Å². The number of Topliss-reactive ketones (excluding diaryl/α,β-unsaturated/α-hetero) is 1. The second-order valence-corrected chi connectivity index (χ2v) is 3.48. The van der Waals surface area contributed by atoms with Gasteiger partial charge in [0.1, 0.15) is 5.78 Å². The highest BCUT2D eigenvalue weighted by atomic mass is 16.5. The molecule has 0 spiro atoms. The lowest BCUT2D eigenvalue weighted by Gasteiger charge is -2.20. The zero-order chi connectivity index (χ0) is 9.97. The molecule has 1 aliphatic rings. The molecule has 1 fully saturated rings. The molecule has 0 bridgehead atoms. The zero-order valence-electron chi connectivity index (χ0n) is 8.27. The summed E-state index contributed by atoms with van der Waals surface area (Å²) in [5, 5.41) is 4.16. The van der Waals surface area contributed by atoms with E-state index in [-0.39, 0.29) is 11.9 Å². The van der Waals surface area contributed by atoms with Crippen LogP contribution in [-0.4, -0.2) is 22.2 Å². The first-order chi connectivity index (χ1) is 6.79. The van der Waals surface area contributed by atoms with E-state index in [9.17, 15) is 4.79 Å². The van der Waals surface area contributed by atoms with E-state index in [4.69, 9.17) is 4.74 Å². The van der Waals surface area contributed by atoms with Gasteiger partial charge in [-0.2, -0.15) is 5.10 Å². The van der Waals surface area contributed by atoms with Crippen LogP contribution in [0.2, 0.25) is 0 Å². The maximum absolute atomic E-state index is 11.2. The normalized spacial score (nSPS) is 22.6. The molecule has 0 saturated carbocycles. The quantitative estimate of drug-likeness (QED) is 0.713. The second kappa shape index (κ2) is 3.92. The van der Waals surface area contributed by atoms with Crippen LogP contribution in [0.1, 0.15) is 31.4 Å². The van der Waals surface area contributed by atoms with Gasteiger partial charge in [0, 0.05) is 31.1 Å². The first-order valence-corrected chi connectivity index (χ1v) is 4.95. The Kier molecular flexibility index (Phi) is 2.63. The molecular weight excluding hydrogens is 180 g/mol. The van der Waals surface area contributed by atoms with E-state index >= 15 is 0 Å². The molecule has 1 aromatic heterocycles. The number of carbonyl (C=O) groups is 1. The van der Waals surface area contributed by atoms with Crippen molar-refractivity contribution in [3.05, 3.63) is 18.0 Å². The third-order valence-corrected chi connectivity index (χ3v) is 2.46. The van der Waals surface area contributed by atoms with Gasteiger partial charge in [-0.15, -0.1) is 0 Å². The molecule has 14 heavy (non-hydrogen) atoms. The molecule has 2 heterocycles. The fourth-order valence-corrected chi connectivity index (χ4v) is 1.62. The van der Waals surface area contributed by atoms with E-state index in [1.165, 1.54) is 0 Å². The van der Waals surface area contributed by atoms with Gasteiger partial charge in [-0.1, -0.05) is 0 Å². The van der Waals surface area contributed by atoms with E-state index < -0.39 is 0 Å². The number of rotatable bonds is 2. The number of carbonyl (C=O) groups excluding carboxylic acids is 1. The smallest absolute Gasteiger partial charge is 0.138 e. The van der Waals surface area contributed by atoms with Crippen molar-refractivity contribution in [3.63, 3.8) is 0 Å². The lowest BCUT2D eigenvalue weighted by atomic mass is 10.0. The molecular formula is C10H14N2O2. The van der Waals surface area contributed by atoms with Gasteiger partial charge in [0.2, 0.25) is 0 Å². The third kappa shape index (κ3) is 1.85. The summed E-state index contributed by atoms with van der Waals surface area (Å²) < 4.78 is 7.36. The molecule has 0 radical (unpaired) electrons. The monoisotopic (exact) mass is 194 g/mol. The highest BCUT2D eigenvalue weighted by Gasteiger charge is 2.22. The minimum absolute atomic E-state index is 0.0726. The minimum Gasteiger partial charge on any atom is -0.372 e. The average Bonchev–Trinajstić information content (AvgIpc) is 2.66. The summed E-state index contributed by atoms with van der Waals surface area (Å²) >= 11 is 0. The molecule has 0 aliphatic carbocycles. The molecule has 4 nitrogen and oxygen atoms in total. The van der Waals surface area contributed by atoms with Crippen LogP contribution in [0.15, 0.2) is 12.4 Å². The number of hydrogen-bond donors (Lipinski definition) is 0. The zero-order valence-corrected chi connectivity index (χ0v) is 8.27. The van der Waals surface area contributed by atoms with Crippen LogP contribution in [0.3, 0.4) is 0 Å². The standard InChI is InChI=1S/C10H14N2O2/c1-2-12-7-8(6-11-12)10-5-9(13)3-4-14-10/h6-7,10H,2-5H2,1H3. The van der Waals surface area contributed by atoms with Crippen molar-refractivity contribution in [3.8, 4) is 0 Å².